The van der Waals surface area contributed by atoms with E-state index in [0.717, 1.165) is 49.4 Å². The second-order valence-electron chi connectivity index (χ2n) is 8.97. The Morgan fingerprint density at radius 3 is 2.53 bits per heavy atom. The highest BCUT2D eigenvalue weighted by atomic mass is 16.6. The first-order valence-corrected chi connectivity index (χ1v) is 12.8. The number of nitro groups is 1. The Hall–Kier alpha value is -3.57. The Balaban J connectivity index is 1.29. The van der Waals surface area contributed by atoms with E-state index in [0.29, 0.717) is 13.0 Å². The second-order valence-corrected chi connectivity index (χ2v) is 8.97. The zero-order valence-electron chi connectivity index (χ0n) is 20.9. The van der Waals surface area contributed by atoms with E-state index in [1.54, 1.807) is 0 Å². The largest absolute Gasteiger partial charge is 0.433 e. The minimum Gasteiger partial charge on any atom is -0.400 e. The monoisotopic (exact) mass is 501 g/mol. The van der Waals surface area contributed by atoms with E-state index in [1.807, 2.05) is 10.9 Å². The first kappa shape index (κ1) is 27.0. The molecule has 1 aliphatic rings. The number of nitrogens with zero attached hydrogens (tertiary/aromatic N) is 7. The highest BCUT2D eigenvalue weighted by Crippen LogP contribution is 2.16. The predicted octanol–water partition coefficient (Wildman–Crippen LogP) is 4.54. The van der Waals surface area contributed by atoms with E-state index in [1.165, 1.54) is 55.4 Å². The van der Waals surface area contributed by atoms with Crippen LogP contribution < -0.4 is 0 Å². The average Bonchev–Trinajstić information content (AvgIpc) is 3.58. The van der Waals surface area contributed by atoms with Gasteiger partial charge in [-0.2, -0.15) is 5.10 Å². The molecule has 3 heterocycles. The minimum atomic E-state index is -0.663. The second kappa shape index (κ2) is 14.1. The summed E-state index contributed by atoms with van der Waals surface area (Å²) in [7, 11) is 0. The third-order valence-electron chi connectivity index (χ3n) is 6.05. The van der Waals surface area contributed by atoms with E-state index in [-0.39, 0.29) is 18.2 Å². The number of hydrogen-bond acceptors (Lipinski definition) is 8. The Labute approximate surface area is 210 Å². The zero-order valence-corrected chi connectivity index (χ0v) is 20.9. The quantitative estimate of drug-likeness (QED) is 0.102. The highest BCUT2D eigenvalue weighted by molar-refractivity contribution is 6.02. The first-order valence-electron chi connectivity index (χ1n) is 12.8. The molecule has 2 aromatic rings. The minimum absolute atomic E-state index is 0.127. The SMILES string of the molecule is CCCCCCCCc1cn(CCCCCCN2C(=O)CN(/N=C/c3ccc([N+](=O)[O-])o3)C2=O)nn1. The molecule has 0 saturated carbocycles. The molecule has 0 aliphatic carbocycles. The molecule has 12 heteroatoms. The molecule has 0 bridgehead atoms. The van der Waals surface area contributed by atoms with Gasteiger partial charge in [-0.3, -0.25) is 24.5 Å². The van der Waals surface area contributed by atoms with Gasteiger partial charge < -0.3 is 4.42 Å². The van der Waals surface area contributed by atoms with Crippen LogP contribution in [-0.2, 0) is 17.8 Å². The van der Waals surface area contributed by atoms with Crippen LogP contribution in [0.4, 0.5) is 10.7 Å². The Bertz CT molecular complexity index is 1030. The van der Waals surface area contributed by atoms with Crippen LogP contribution >= 0.6 is 0 Å². The van der Waals surface area contributed by atoms with Crippen LogP contribution in [0.3, 0.4) is 0 Å². The van der Waals surface area contributed by atoms with Crippen LogP contribution in [0, 0.1) is 10.1 Å². The third kappa shape index (κ3) is 8.28. The zero-order chi connectivity index (χ0) is 25.8. The van der Waals surface area contributed by atoms with Crippen molar-refractivity contribution in [1.29, 1.82) is 0 Å². The van der Waals surface area contributed by atoms with Crippen molar-refractivity contribution in [2.75, 3.05) is 13.1 Å². The maximum Gasteiger partial charge on any atom is 0.433 e. The van der Waals surface area contributed by atoms with Gasteiger partial charge in [0.15, 0.2) is 5.76 Å². The fraction of sp³-hybridized carbons (Fsp3) is 0.625. The van der Waals surface area contributed by atoms with E-state index < -0.39 is 16.8 Å². The Morgan fingerprint density at radius 1 is 1.06 bits per heavy atom. The van der Waals surface area contributed by atoms with Crippen molar-refractivity contribution in [2.45, 2.75) is 84.1 Å². The molecule has 0 aromatic carbocycles. The van der Waals surface area contributed by atoms with E-state index in [9.17, 15) is 19.7 Å². The molecule has 1 saturated heterocycles. The summed E-state index contributed by atoms with van der Waals surface area (Å²) < 4.78 is 6.86. The Kier molecular flexibility index (Phi) is 10.6. The van der Waals surface area contributed by atoms with Crippen LogP contribution in [0.5, 0.6) is 0 Å². The summed E-state index contributed by atoms with van der Waals surface area (Å²) in [5.74, 6) is -0.607. The van der Waals surface area contributed by atoms with E-state index in [2.05, 4.69) is 22.3 Å². The van der Waals surface area contributed by atoms with Crippen molar-refractivity contribution >= 4 is 24.0 Å². The smallest absolute Gasteiger partial charge is 0.400 e. The number of hydrazone groups is 1. The van der Waals surface area contributed by atoms with Gasteiger partial charge in [-0.1, -0.05) is 57.1 Å². The lowest BCUT2D eigenvalue weighted by atomic mass is 10.1. The van der Waals surface area contributed by atoms with Gasteiger partial charge in [0.1, 0.15) is 11.5 Å². The molecule has 0 atom stereocenters. The molecular weight excluding hydrogens is 466 g/mol. The molecule has 2 aromatic heterocycles. The number of rotatable bonds is 17. The number of hydrogen-bond donors (Lipinski definition) is 0. The number of imide groups is 1. The summed E-state index contributed by atoms with van der Waals surface area (Å²) in [5, 5.41) is 24.1. The number of aryl methyl sites for hydroxylation is 2. The lowest BCUT2D eigenvalue weighted by Gasteiger charge is -2.13. The number of carbonyl (C=O) groups is 2. The molecule has 0 radical (unpaired) electrons. The molecule has 1 fully saturated rings. The van der Waals surface area contributed by atoms with Crippen molar-refractivity contribution < 1.29 is 18.9 Å². The summed E-state index contributed by atoms with van der Waals surface area (Å²) in [6.45, 7) is 3.20. The molecule has 12 nitrogen and oxygen atoms in total. The number of carbonyl (C=O) groups excluding carboxylic acids is 2. The van der Waals surface area contributed by atoms with Crippen molar-refractivity contribution in [2.24, 2.45) is 5.10 Å². The fourth-order valence-corrected chi connectivity index (χ4v) is 4.02. The summed E-state index contributed by atoms with van der Waals surface area (Å²) in [4.78, 5) is 35.9. The maximum absolute atomic E-state index is 12.5. The summed E-state index contributed by atoms with van der Waals surface area (Å²) >= 11 is 0. The van der Waals surface area contributed by atoms with Gasteiger partial charge in [-0.05, 0) is 31.7 Å². The fourth-order valence-electron chi connectivity index (χ4n) is 4.02. The van der Waals surface area contributed by atoms with Gasteiger partial charge in [0.2, 0.25) is 0 Å². The van der Waals surface area contributed by atoms with Crippen molar-refractivity contribution in [1.82, 2.24) is 24.9 Å². The molecule has 196 valence electrons. The van der Waals surface area contributed by atoms with Gasteiger partial charge in [-0.25, -0.2) is 9.80 Å². The van der Waals surface area contributed by atoms with Crippen molar-refractivity contribution in [3.05, 3.63) is 39.9 Å². The van der Waals surface area contributed by atoms with Crippen LogP contribution in [0.25, 0.3) is 0 Å². The number of amides is 3. The predicted molar refractivity (Wildman–Crippen MR) is 132 cm³/mol. The summed E-state index contributed by atoms with van der Waals surface area (Å²) in [6.07, 6.45) is 15.3. The standard InChI is InChI=1S/C24H35N7O5/c1-2-3-4-5-6-9-12-20-18-28(27-26-20)15-10-7-8-11-16-29-22(32)19-30(24(29)33)25-17-21-13-14-23(36-21)31(34)35/h13-14,17-18H,2-12,15-16,19H2,1H3/b25-17+. The molecule has 36 heavy (non-hydrogen) atoms. The lowest BCUT2D eigenvalue weighted by molar-refractivity contribution is -0.402. The summed E-state index contributed by atoms with van der Waals surface area (Å²) in [6, 6.07) is 2.07. The number of urea groups is 1. The van der Waals surface area contributed by atoms with Crippen LogP contribution in [0.15, 0.2) is 27.8 Å². The highest BCUT2D eigenvalue weighted by Gasteiger charge is 2.35. The van der Waals surface area contributed by atoms with E-state index >= 15 is 0 Å². The van der Waals surface area contributed by atoms with Gasteiger partial charge in [-0.15, -0.1) is 5.10 Å². The average molecular weight is 502 g/mol. The Morgan fingerprint density at radius 2 is 1.78 bits per heavy atom. The molecule has 3 amide bonds. The maximum atomic E-state index is 12.5. The number of furan rings is 1. The summed E-state index contributed by atoms with van der Waals surface area (Å²) in [5.41, 5.74) is 1.05. The lowest BCUT2D eigenvalue weighted by Crippen LogP contribution is -2.32. The molecule has 1 aliphatic heterocycles. The topological polar surface area (TPSA) is 140 Å². The molecular formula is C24H35N7O5. The normalized spacial score (nSPS) is 14.0. The van der Waals surface area contributed by atoms with Gasteiger partial charge in [0.05, 0.1) is 18.0 Å². The van der Waals surface area contributed by atoms with Crippen LogP contribution in [0.2, 0.25) is 0 Å². The molecule has 3 rings (SSSR count). The van der Waals surface area contributed by atoms with Crippen LogP contribution in [0.1, 0.15) is 82.6 Å². The molecule has 0 spiro atoms. The number of aromatic nitrogens is 3. The van der Waals surface area contributed by atoms with Crippen molar-refractivity contribution in [3.63, 3.8) is 0 Å². The van der Waals surface area contributed by atoms with Crippen LogP contribution in [-0.4, -0.2) is 61.1 Å². The molecule has 0 unspecified atom stereocenters. The van der Waals surface area contributed by atoms with Gasteiger partial charge in [0.25, 0.3) is 5.91 Å². The van der Waals surface area contributed by atoms with E-state index in [4.69, 9.17) is 4.42 Å². The van der Waals surface area contributed by atoms with Gasteiger partial charge >= 0.3 is 11.9 Å². The first-order chi connectivity index (χ1) is 17.5. The van der Waals surface area contributed by atoms with Crippen molar-refractivity contribution in [3.8, 4) is 0 Å². The van der Waals surface area contributed by atoms with Gasteiger partial charge in [0, 0.05) is 19.3 Å². The number of unbranched alkanes of at least 4 members (excludes halogenated alkanes) is 8. The third-order valence-corrected chi connectivity index (χ3v) is 6.05. The molecule has 0 N–H and O–H groups in total.